The van der Waals surface area contributed by atoms with E-state index in [1.807, 2.05) is 6.92 Å². The van der Waals surface area contributed by atoms with E-state index in [1.165, 1.54) is 11.8 Å². The first kappa shape index (κ1) is 16.0. The largest absolute Gasteiger partial charge is 0.358 e. The molecule has 2 fully saturated rings. The maximum Gasteiger partial charge on any atom is 0.233 e. The normalized spacial score (nSPS) is 26.4. The van der Waals surface area contributed by atoms with Gasteiger partial charge in [0.15, 0.2) is 9.84 Å². The molecule has 2 rings (SSSR count). The number of nitrogens with zero attached hydrogens (tertiary/aromatic N) is 1. The monoisotopic (exact) mass is 336 g/mol. The van der Waals surface area contributed by atoms with Gasteiger partial charge in [0.05, 0.1) is 16.8 Å². The van der Waals surface area contributed by atoms with E-state index >= 15 is 0 Å². The molecule has 0 unspecified atom stereocenters. The van der Waals surface area contributed by atoms with Crippen molar-refractivity contribution in [2.75, 3.05) is 24.6 Å². The first-order valence-corrected chi connectivity index (χ1v) is 9.95. The van der Waals surface area contributed by atoms with Gasteiger partial charge in [0.2, 0.25) is 5.91 Å². The third-order valence-electron chi connectivity index (χ3n) is 3.59. The number of thioether (sulfide) groups is 1. The second-order valence-corrected chi connectivity index (χ2v) is 9.53. The number of hydrogen-bond acceptors (Lipinski definition) is 5. The van der Waals surface area contributed by atoms with Gasteiger partial charge in [0.25, 0.3) is 0 Å². The average molecular weight is 337 g/mol. The van der Waals surface area contributed by atoms with Gasteiger partial charge in [-0.05, 0) is 26.2 Å². The molecule has 0 saturated carbocycles. The Kier molecular flexibility index (Phi) is 5.30. The number of nitrogens with one attached hydrogen (secondary N) is 1. The minimum atomic E-state index is -2.96. The molecule has 0 aromatic carbocycles. The molecule has 1 amide bonds. The molecule has 0 aliphatic carbocycles. The summed E-state index contributed by atoms with van der Waals surface area (Å²) in [5.41, 5.74) is 0. The van der Waals surface area contributed by atoms with Crippen molar-refractivity contribution in [2.45, 2.75) is 37.5 Å². The Morgan fingerprint density at radius 1 is 1.40 bits per heavy atom. The molecule has 1 N–H and O–H groups in total. The maximum atomic E-state index is 12.1. The number of hydrogen-bond donors (Lipinski definition) is 1. The van der Waals surface area contributed by atoms with E-state index in [1.54, 1.807) is 0 Å². The molecular formula is C12H20N2O3S3. The Hall–Kier alpha value is -0.340. The van der Waals surface area contributed by atoms with Crippen LogP contribution in [0.25, 0.3) is 0 Å². The highest BCUT2D eigenvalue weighted by atomic mass is 32.2. The molecule has 0 aromatic heterocycles. The zero-order valence-electron chi connectivity index (χ0n) is 11.5. The molecular weight excluding hydrogens is 316 g/mol. The Balaban J connectivity index is 1.78. The van der Waals surface area contributed by atoms with Gasteiger partial charge in [-0.1, -0.05) is 24.0 Å². The quantitative estimate of drug-likeness (QED) is 0.769. The van der Waals surface area contributed by atoms with Gasteiger partial charge in [-0.25, -0.2) is 8.42 Å². The lowest BCUT2D eigenvalue weighted by Gasteiger charge is -2.21. The molecule has 0 radical (unpaired) electrons. The van der Waals surface area contributed by atoms with E-state index < -0.39 is 9.84 Å². The van der Waals surface area contributed by atoms with Crippen LogP contribution in [0.15, 0.2) is 0 Å². The second kappa shape index (κ2) is 6.62. The SMILES string of the molecule is C[C@H](SC(=S)N1CCCC1)C(=O)N[C@@H]1CCS(=O)(=O)C1. The molecule has 2 aliphatic rings. The van der Waals surface area contributed by atoms with E-state index in [9.17, 15) is 13.2 Å². The molecule has 2 heterocycles. The lowest BCUT2D eigenvalue weighted by molar-refractivity contribution is -0.120. The molecule has 0 spiro atoms. The van der Waals surface area contributed by atoms with Crippen LogP contribution in [0, 0.1) is 0 Å². The molecule has 2 aliphatic heterocycles. The van der Waals surface area contributed by atoms with Gasteiger partial charge in [0, 0.05) is 19.1 Å². The van der Waals surface area contributed by atoms with E-state index in [2.05, 4.69) is 10.2 Å². The number of carbonyl (C=O) groups excluding carboxylic acids is 1. The van der Waals surface area contributed by atoms with Crippen LogP contribution in [0.2, 0.25) is 0 Å². The van der Waals surface area contributed by atoms with Crippen LogP contribution in [0.5, 0.6) is 0 Å². The van der Waals surface area contributed by atoms with Crippen molar-refractivity contribution in [3.8, 4) is 0 Å². The topological polar surface area (TPSA) is 66.5 Å². The lowest BCUT2D eigenvalue weighted by Crippen LogP contribution is -2.40. The van der Waals surface area contributed by atoms with E-state index in [4.69, 9.17) is 12.2 Å². The van der Waals surface area contributed by atoms with Crippen LogP contribution in [0.1, 0.15) is 26.2 Å². The van der Waals surface area contributed by atoms with Crippen molar-refractivity contribution in [3.05, 3.63) is 0 Å². The number of thiocarbonyl (C=S) groups is 1. The van der Waals surface area contributed by atoms with Crippen LogP contribution in [-0.2, 0) is 14.6 Å². The minimum absolute atomic E-state index is 0.0622. The first-order chi connectivity index (χ1) is 9.37. The fourth-order valence-corrected chi connectivity index (χ4v) is 5.50. The molecule has 20 heavy (non-hydrogen) atoms. The summed E-state index contributed by atoms with van der Waals surface area (Å²) in [5.74, 6) is 0.108. The summed E-state index contributed by atoms with van der Waals surface area (Å²) in [4.78, 5) is 14.2. The predicted molar refractivity (Wildman–Crippen MR) is 85.7 cm³/mol. The molecule has 2 saturated heterocycles. The zero-order valence-corrected chi connectivity index (χ0v) is 14.0. The molecule has 0 aromatic rings. The van der Waals surface area contributed by atoms with Crippen LogP contribution >= 0.6 is 24.0 Å². The maximum absolute atomic E-state index is 12.1. The zero-order chi connectivity index (χ0) is 14.8. The third-order valence-corrected chi connectivity index (χ3v) is 6.93. The summed E-state index contributed by atoms with van der Waals surface area (Å²) in [6.07, 6.45) is 2.82. The highest BCUT2D eigenvalue weighted by molar-refractivity contribution is 8.23. The predicted octanol–water partition coefficient (Wildman–Crippen LogP) is 0.792. The van der Waals surface area contributed by atoms with Gasteiger partial charge in [-0.3, -0.25) is 4.79 Å². The number of likely N-dealkylation sites (tertiary alicyclic amines) is 1. The van der Waals surface area contributed by atoms with Crippen molar-refractivity contribution in [1.29, 1.82) is 0 Å². The summed E-state index contributed by atoms with van der Waals surface area (Å²) in [6, 6.07) is -0.240. The Labute approximate surface area is 129 Å². The van der Waals surface area contributed by atoms with E-state index in [0.29, 0.717) is 6.42 Å². The van der Waals surface area contributed by atoms with Crippen molar-refractivity contribution in [3.63, 3.8) is 0 Å². The lowest BCUT2D eigenvalue weighted by atomic mass is 10.2. The Morgan fingerprint density at radius 2 is 2.05 bits per heavy atom. The van der Waals surface area contributed by atoms with Gasteiger partial charge in [0.1, 0.15) is 4.32 Å². The van der Waals surface area contributed by atoms with Crippen molar-refractivity contribution < 1.29 is 13.2 Å². The Morgan fingerprint density at radius 3 is 2.60 bits per heavy atom. The third kappa shape index (κ3) is 4.33. The van der Waals surface area contributed by atoms with Gasteiger partial charge in [-0.2, -0.15) is 0 Å². The smallest absolute Gasteiger partial charge is 0.233 e. The number of sulfone groups is 1. The van der Waals surface area contributed by atoms with Crippen molar-refractivity contribution in [1.82, 2.24) is 10.2 Å². The molecule has 8 heteroatoms. The fraction of sp³-hybridized carbons (Fsp3) is 0.833. The Bertz CT molecular complexity index is 486. The van der Waals surface area contributed by atoms with Crippen LogP contribution in [0.3, 0.4) is 0 Å². The highest BCUT2D eigenvalue weighted by Gasteiger charge is 2.30. The fourth-order valence-electron chi connectivity index (χ4n) is 2.41. The van der Waals surface area contributed by atoms with Gasteiger partial charge >= 0.3 is 0 Å². The highest BCUT2D eigenvalue weighted by Crippen LogP contribution is 2.21. The summed E-state index contributed by atoms with van der Waals surface area (Å²) in [6.45, 7) is 3.76. The second-order valence-electron chi connectivity index (χ2n) is 5.33. The van der Waals surface area contributed by atoms with Crippen LogP contribution in [0.4, 0.5) is 0 Å². The van der Waals surface area contributed by atoms with Gasteiger partial charge in [-0.15, -0.1) is 0 Å². The summed E-state index contributed by atoms with van der Waals surface area (Å²) < 4.78 is 23.5. The molecule has 114 valence electrons. The molecule has 2 atom stereocenters. The number of rotatable bonds is 3. The van der Waals surface area contributed by atoms with E-state index in [0.717, 1.165) is 30.3 Å². The van der Waals surface area contributed by atoms with Crippen LogP contribution < -0.4 is 5.32 Å². The van der Waals surface area contributed by atoms with Crippen LogP contribution in [-0.4, -0.2) is 59.4 Å². The standard InChI is InChI=1S/C12H20N2O3S3/c1-9(19-12(18)14-5-2-3-6-14)11(15)13-10-4-7-20(16,17)8-10/h9-10H,2-8H2,1H3,(H,13,15)/t9-,10+/m0/s1. The van der Waals surface area contributed by atoms with Crippen molar-refractivity contribution >= 4 is 44.0 Å². The van der Waals surface area contributed by atoms with E-state index in [-0.39, 0.29) is 28.7 Å². The summed E-state index contributed by atoms with van der Waals surface area (Å²) >= 11 is 6.73. The van der Waals surface area contributed by atoms with Crippen molar-refractivity contribution in [2.24, 2.45) is 0 Å². The summed E-state index contributed by atoms with van der Waals surface area (Å²) in [5, 5.41) is 2.53. The summed E-state index contributed by atoms with van der Waals surface area (Å²) in [7, 11) is -2.96. The minimum Gasteiger partial charge on any atom is -0.358 e. The number of amides is 1. The average Bonchev–Trinajstić information content (AvgIpc) is 2.98. The molecule has 5 nitrogen and oxygen atoms in total. The first-order valence-electron chi connectivity index (χ1n) is 6.84. The molecule has 0 bridgehead atoms. The van der Waals surface area contributed by atoms with Gasteiger partial charge < -0.3 is 10.2 Å². The number of carbonyl (C=O) groups is 1.